The number of hydrogen-bond donors (Lipinski definition) is 1. The Morgan fingerprint density at radius 1 is 1.00 bits per heavy atom. The predicted octanol–water partition coefficient (Wildman–Crippen LogP) is 4.85. The first-order valence-electron chi connectivity index (χ1n) is 10.7. The molecular formula is C25H19F2N3O4S. The summed E-state index contributed by atoms with van der Waals surface area (Å²) in [5.74, 6) is -0.293. The van der Waals surface area contributed by atoms with Gasteiger partial charge in [-0.3, -0.25) is 14.5 Å². The minimum Gasteiger partial charge on any atom is -0.454 e. The number of amides is 2. The van der Waals surface area contributed by atoms with Gasteiger partial charge in [0.05, 0.1) is 12.2 Å². The lowest BCUT2D eigenvalue weighted by molar-refractivity contribution is -0.129. The van der Waals surface area contributed by atoms with Crippen molar-refractivity contribution in [2.45, 2.75) is 18.2 Å². The van der Waals surface area contributed by atoms with Gasteiger partial charge < -0.3 is 14.8 Å². The highest BCUT2D eigenvalue weighted by Crippen LogP contribution is 2.35. The zero-order valence-electron chi connectivity index (χ0n) is 18.2. The summed E-state index contributed by atoms with van der Waals surface area (Å²) in [6.07, 6.45) is -0.0509. The third kappa shape index (κ3) is 5.27. The third-order valence-corrected chi connectivity index (χ3v) is 6.56. The average molecular weight is 496 g/mol. The van der Waals surface area contributed by atoms with E-state index in [-0.39, 0.29) is 25.7 Å². The van der Waals surface area contributed by atoms with Crippen molar-refractivity contribution in [3.63, 3.8) is 0 Å². The number of anilines is 1. The van der Waals surface area contributed by atoms with Crippen molar-refractivity contribution >= 4 is 40.1 Å². The molecule has 1 atom stereocenters. The standard InChI is InChI=1S/C25H19F2N3O4S/c26-16-2-6-18(7-3-16)28-24(32)22-12-23(31)30(13-15-1-10-20-21(11-15)34-14-33-20)25(35-22)29-19-8-4-17(27)5-9-19/h1-11,22H,12-14H2,(H,28,32)/t22-/m1/s1. The molecule has 2 aliphatic rings. The van der Waals surface area contributed by atoms with Gasteiger partial charge in [0, 0.05) is 12.1 Å². The van der Waals surface area contributed by atoms with Crippen LogP contribution in [0.1, 0.15) is 12.0 Å². The average Bonchev–Trinajstić information content (AvgIpc) is 3.32. The molecule has 0 aromatic heterocycles. The summed E-state index contributed by atoms with van der Waals surface area (Å²) in [6.45, 7) is 0.341. The zero-order valence-corrected chi connectivity index (χ0v) is 19.1. The Balaban J connectivity index is 1.40. The van der Waals surface area contributed by atoms with Crippen molar-refractivity contribution in [2.24, 2.45) is 4.99 Å². The molecule has 0 aliphatic carbocycles. The molecule has 0 radical (unpaired) electrons. The first-order chi connectivity index (χ1) is 16.9. The smallest absolute Gasteiger partial charge is 0.238 e. The van der Waals surface area contributed by atoms with Gasteiger partial charge in [0.15, 0.2) is 16.7 Å². The SMILES string of the molecule is O=C(Nc1ccc(F)cc1)[C@H]1CC(=O)N(Cc2ccc3c(c2)OCO3)C(=Nc2ccc(F)cc2)S1. The third-order valence-electron chi connectivity index (χ3n) is 5.37. The minimum absolute atomic E-state index is 0.0509. The highest BCUT2D eigenvalue weighted by atomic mass is 32.2. The van der Waals surface area contributed by atoms with Crippen molar-refractivity contribution in [1.82, 2.24) is 4.90 Å². The number of benzene rings is 3. The van der Waals surface area contributed by atoms with E-state index < -0.39 is 22.8 Å². The van der Waals surface area contributed by atoms with Crippen molar-refractivity contribution < 1.29 is 27.8 Å². The van der Waals surface area contributed by atoms with Gasteiger partial charge >= 0.3 is 0 Å². The lowest BCUT2D eigenvalue weighted by Gasteiger charge is -2.32. The van der Waals surface area contributed by atoms with E-state index in [1.807, 2.05) is 6.07 Å². The van der Waals surface area contributed by atoms with Crippen LogP contribution in [0.4, 0.5) is 20.2 Å². The van der Waals surface area contributed by atoms with Crippen molar-refractivity contribution in [3.05, 3.63) is 83.9 Å². The lowest BCUT2D eigenvalue weighted by Crippen LogP contribution is -2.44. The Kier molecular flexibility index (Phi) is 6.37. The van der Waals surface area contributed by atoms with E-state index >= 15 is 0 Å². The Labute approximate surface area is 203 Å². The van der Waals surface area contributed by atoms with E-state index in [1.165, 1.54) is 53.4 Å². The van der Waals surface area contributed by atoms with Crippen LogP contribution in [0.25, 0.3) is 0 Å². The Morgan fingerprint density at radius 2 is 1.69 bits per heavy atom. The first kappa shape index (κ1) is 22.9. The molecule has 5 rings (SSSR count). The molecule has 35 heavy (non-hydrogen) atoms. The molecule has 1 N–H and O–H groups in total. The molecule has 178 valence electrons. The topological polar surface area (TPSA) is 80.2 Å². The van der Waals surface area contributed by atoms with Crippen LogP contribution in [0.15, 0.2) is 71.7 Å². The van der Waals surface area contributed by atoms with Gasteiger partial charge in [-0.15, -0.1) is 0 Å². The molecule has 10 heteroatoms. The van der Waals surface area contributed by atoms with Crippen LogP contribution in [-0.2, 0) is 16.1 Å². The molecule has 3 aromatic carbocycles. The van der Waals surface area contributed by atoms with Crippen molar-refractivity contribution in [2.75, 3.05) is 12.1 Å². The molecule has 7 nitrogen and oxygen atoms in total. The fourth-order valence-electron chi connectivity index (χ4n) is 3.60. The number of fused-ring (bicyclic) bond motifs is 1. The highest BCUT2D eigenvalue weighted by Gasteiger charge is 2.36. The van der Waals surface area contributed by atoms with Crippen LogP contribution in [0.2, 0.25) is 0 Å². The summed E-state index contributed by atoms with van der Waals surface area (Å²) in [6, 6.07) is 16.3. The second-order valence-electron chi connectivity index (χ2n) is 7.85. The number of aliphatic imine (C=N–C) groups is 1. The molecule has 0 bridgehead atoms. The second kappa shape index (κ2) is 9.75. The fourth-order valence-corrected chi connectivity index (χ4v) is 4.70. The number of nitrogens with one attached hydrogen (secondary N) is 1. The summed E-state index contributed by atoms with van der Waals surface area (Å²) in [5.41, 5.74) is 1.66. The van der Waals surface area contributed by atoms with Gasteiger partial charge in [-0.1, -0.05) is 17.8 Å². The summed E-state index contributed by atoms with van der Waals surface area (Å²) in [5, 5.41) is 2.27. The number of amidine groups is 1. The van der Waals surface area contributed by atoms with Crippen LogP contribution < -0.4 is 14.8 Å². The van der Waals surface area contributed by atoms with E-state index in [0.717, 1.165) is 17.3 Å². The second-order valence-corrected chi connectivity index (χ2v) is 9.01. The number of carbonyl (C=O) groups excluding carboxylic acids is 2. The number of carbonyl (C=O) groups is 2. The minimum atomic E-state index is -0.750. The molecule has 1 saturated heterocycles. The summed E-state index contributed by atoms with van der Waals surface area (Å²) in [7, 11) is 0. The van der Waals surface area contributed by atoms with E-state index in [2.05, 4.69) is 10.3 Å². The maximum absolute atomic E-state index is 13.4. The normalized spacial score (nSPS) is 18.1. The van der Waals surface area contributed by atoms with Gasteiger partial charge in [-0.25, -0.2) is 13.8 Å². The summed E-state index contributed by atoms with van der Waals surface area (Å²) in [4.78, 5) is 32.1. The van der Waals surface area contributed by atoms with E-state index in [9.17, 15) is 18.4 Å². The molecule has 0 saturated carbocycles. The van der Waals surface area contributed by atoms with Gasteiger partial charge in [0.1, 0.15) is 16.9 Å². The van der Waals surface area contributed by atoms with E-state index in [4.69, 9.17) is 9.47 Å². The molecule has 0 unspecified atom stereocenters. The summed E-state index contributed by atoms with van der Waals surface area (Å²) < 4.78 is 37.3. The largest absolute Gasteiger partial charge is 0.454 e. The fraction of sp³-hybridized carbons (Fsp3) is 0.160. The molecule has 3 aromatic rings. The lowest BCUT2D eigenvalue weighted by atomic mass is 10.1. The number of ether oxygens (including phenoxy) is 2. The van der Waals surface area contributed by atoms with E-state index in [0.29, 0.717) is 28.0 Å². The molecule has 2 aliphatic heterocycles. The van der Waals surface area contributed by atoms with Crippen molar-refractivity contribution in [3.8, 4) is 11.5 Å². The maximum Gasteiger partial charge on any atom is 0.238 e. The quantitative estimate of drug-likeness (QED) is 0.547. The zero-order chi connectivity index (χ0) is 24.4. The first-order valence-corrected chi connectivity index (χ1v) is 11.6. The van der Waals surface area contributed by atoms with Crippen molar-refractivity contribution in [1.29, 1.82) is 0 Å². The van der Waals surface area contributed by atoms with Crippen LogP contribution in [0.3, 0.4) is 0 Å². The number of thioether (sulfide) groups is 1. The van der Waals surface area contributed by atoms with Gasteiger partial charge in [0.25, 0.3) is 0 Å². The van der Waals surface area contributed by atoms with E-state index in [1.54, 1.807) is 12.1 Å². The number of hydrogen-bond acceptors (Lipinski definition) is 6. The monoisotopic (exact) mass is 495 g/mol. The van der Waals surface area contributed by atoms with Gasteiger partial charge in [-0.05, 0) is 66.2 Å². The van der Waals surface area contributed by atoms with Crippen LogP contribution in [-0.4, -0.2) is 33.9 Å². The number of nitrogens with zero attached hydrogens (tertiary/aromatic N) is 2. The van der Waals surface area contributed by atoms with Crippen LogP contribution >= 0.6 is 11.8 Å². The Morgan fingerprint density at radius 3 is 2.43 bits per heavy atom. The molecule has 1 fully saturated rings. The highest BCUT2D eigenvalue weighted by molar-refractivity contribution is 8.15. The molecule has 2 heterocycles. The number of rotatable bonds is 5. The molecule has 2 amide bonds. The Bertz CT molecular complexity index is 1300. The molecule has 0 spiro atoms. The van der Waals surface area contributed by atoms with Crippen LogP contribution in [0.5, 0.6) is 11.5 Å². The van der Waals surface area contributed by atoms with Crippen LogP contribution in [0, 0.1) is 11.6 Å². The summed E-state index contributed by atoms with van der Waals surface area (Å²) >= 11 is 1.14. The number of halogens is 2. The molecular weight excluding hydrogens is 476 g/mol. The maximum atomic E-state index is 13.4. The van der Waals surface area contributed by atoms with Gasteiger partial charge in [-0.2, -0.15) is 0 Å². The predicted molar refractivity (Wildman–Crippen MR) is 128 cm³/mol. The Hall–Kier alpha value is -3.92. The van der Waals surface area contributed by atoms with Gasteiger partial charge in [0.2, 0.25) is 18.6 Å².